The van der Waals surface area contributed by atoms with Crippen molar-refractivity contribution in [3.8, 4) is 0 Å². The van der Waals surface area contributed by atoms with Crippen molar-refractivity contribution in [3.63, 3.8) is 0 Å². The van der Waals surface area contributed by atoms with Crippen molar-refractivity contribution in [3.05, 3.63) is 15.9 Å². The zero-order valence-electron chi connectivity index (χ0n) is 14.0. The molecular formula is C15H25BrClN5O2. The number of rotatable bonds is 5. The number of carbonyl (C=O) groups excluding carboxylic acids is 2. The fourth-order valence-electron chi connectivity index (χ4n) is 2.73. The van der Waals surface area contributed by atoms with Crippen LogP contribution in [0.4, 0.5) is 0 Å². The van der Waals surface area contributed by atoms with Gasteiger partial charge in [-0.2, -0.15) is 5.10 Å². The first-order chi connectivity index (χ1) is 11.0. The lowest BCUT2D eigenvalue weighted by Crippen LogP contribution is -2.46. The maximum absolute atomic E-state index is 12.7. The van der Waals surface area contributed by atoms with E-state index in [0.717, 1.165) is 18.5 Å². The average molecular weight is 423 g/mol. The molecule has 7 nitrogen and oxygen atoms in total. The molecule has 1 atom stereocenters. The van der Waals surface area contributed by atoms with Crippen molar-refractivity contribution in [2.45, 2.75) is 32.6 Å². The predicted molar refractivity (Wildman–Crippen MR) is 98.3 cm³/mol. The highest BCUT2D eigenvalue weighted by Gasteiger charge is 2.31. The first kappa shape index (κ1) is 20.9. The van der Waals surface area contributed by atoms with Crippen LogP contribution in [-0.2, 0) is 4.79 Å². The van der Waals surface area contributed by atoms with E-state index in [1.807, 2.05) is 13.8 Å². The van der Waals surface area contributed by atoms with Crippen molar-refractivity contribution in [2.24, 2.45) is 11.7 Å². The number of carbonyl (C=O) groups is 2. The Morgan fingerprint density at radius 2 is 2.21 bits per heavy atom. The highest BCUT2D eigenvalue weighted by molar-refractivity contribution is 9.10. The number of hydrogen-bond acceptors (Lipinski definition) is 4. The number of likely N-dealkylation sites (tertiary alicyclic amines) is 1. The third-order valence-electron chi connectivity index (χ3n) is 4.04. The standard InChI is InChI=1S/C15H24BrN5O2.ClH/c1-9(2)12-11(16)13(20-19-12)15(23)21-7-3-4-10(8-21)14(22)18-6-5-17;/h9-10H,3-8,17H2,1-2H3,(H,18,22)(H,19,20);1H. The van der Waals surface area contributed by atoms with Crippen LogP contribution < -0.4 is 11.1 Å². The van der Waals surface area contributed by atoms with E-state index in [-0.39, 0.29) is 36.1 Å². The summed E-state index contributed by atoms with van der Waals surface area (Å²) in [5.74, 6) is -0.107. The second-order valence-corrected chi connectivity index (χ2v) is 6.92. The highest BCUT2D eigenvalue weighted by atomic mass is 79.9. The number of nitrogens with one attached hydrogen (secondary N) is 2. The lowest BCUT2D eigenvalue weighted by Gasteiger charge is -2.31. The number of aromatic nitrogens is 2. The molecule has 2 heterocycles. The lowest BCUT2D eigenvalue weighted by atomic mass is 9.97. The van der Waals surface area contributed by atoms with Crippen LogP contribution in [-0.4, -0.2) is 53.1 Å². The monoisotopic (exact) mass is 421 g/mol. The second kappa shape index (κ2) is 9.39. The topological polar surface area (TPSA) is 104 Å². The van der Waals surface area contributed by atoms with Gasteiger partial charge in [0.05, 0.1) is 16.1 Å². The summed E-state index contributed by atoms with van der Waals surface area (Å²) in [5, 5.41) is 9.87. The predicted octanol–water partition coefficient (Wildman–Crippen LogP) is 1.64. The van der Waals surface area contributed by atoms with E-state index < -0.39 is 0 Å². The zero-order valence-corrected chi connectivity index (χ0v) is 16.4. The van der Waals surface area contributed by atoms with Crippen LogP contribution in [0.3, 0.4) is 0 Å². The molecule has 24 heavy (non-hydrogen) atoms. The van der Waals surface area contributed by atoms with Gasteiger partial charge in [-0.1, -0.05) is 13.8 Å². The van der Waals surface area contributed by atoms with Gasteiger partial charge in [-0.15, -0.1) is 12.4 Å². The molecule has 0 radical (unpaired) electrons. The third-order valence-corrected chi connectivity index (χ3v) is 4.84. The summed E-state index contributed by atoms with van der Waals surface area (Å²) in [6.07, 6.45) is 1.60. The number of aromatic amines is 1. The van der Waals surface area contributed by atoms with Crippen LogP contribution in [0.15, 0.2) is 4.47 Å². The SMILES string of the molecule is CC(C)c1[nH]nc(C(=O)N2CCCC(C(=O)NCCN)C2)c1Br.Cl. The Labute approximate surface area is 156 Å². The summed E-state index contributed by atoms with van der Waals surface area (Å²) in [4.78, 5) is 26.5. The highest BCUT2D eigenvalue weighted by Crippen LogP contribution is 2.27. The summed E-state index contributed by atoms with van der Waals surface area (Å²) in [6, 6.07) is 0. The number of nitrogens with zero attached hydrogens (tertiary/aromatic N) is 2. The van der Waals surface area contributed by atoms with E-state index in [2.05, 4.69) is 31.4 Å². The number of piperidine rings is 1. The molecule has 1 aliphatic rings. The molecule has 0 bridgehead atoms. The Morgan fingerprint density at radius 1 is 1.50 bits per heavy atom. The van der Waals surface area contributed by atoms with Gasteiger partial charge in [-0.25, -0.2) is 0 Å². The summed E-state index contributed by atoms with van der Waals surface area (Å²) in [5.41, 5.74) is 6.70. The van der Waals surface area contributed by atoms with Crippen LogP contribution in [0.5, 0.6) is 0 Å². The second-order valence-electron chi connectivity index (χ2n) is 6.12. The molecule has 1 fully saturated rings. The van der Waals surface area contributed by atoms with Gasteiger partial charge < -0.3 is 16.0 Å². The number of amides is 2. The first-order valence-electron chi connectivity index (χ1n) is 7.96. The molecule has 1 saturated heterocycles. The number of nitrogens with two attached hydrogens (primary N) is 1. The van der Waals surface area contributed by atoms with Gasteiger partial charge in [0.15, 0.2) is 5.69 Å². The van der Waals surface area contributed by atoms with E-state index in [4.69, 9.17) is 5.73 Å². The quantitative estimate of drug-likeness (QED) is 0.671. The maximum atomic E-state index is 12.7. The Hall–Kier alpha value is -1.12. The minimum absolute atomic E-state index is 0. The van der Waals surface area contributed by atoms with E-state index in [0.29, 0.717) is 36.3 Å². The smallest absolute Gasteiger partial charge is 0.275 e. The van der Waals surface area contributed by atoms with Gasteiger partial charge in [0.1, 0.15) is 0 Å². The van der Waals surface area contributed by atoms with Crippen molar-refractivity contribution in [1.29, 1.82) is 0 Å². The fourth-order valence-corrected chi connectivity index (χ4v) is 3.54. The molecule has 2 amide bonds. The molecule has 136 valence electrons. The molecule has 1 unspecified atom stereocenters. The fraction of sp³-hybridized carbons (Fsp3) is 0.667. The number of halogens is 2. The molecule has 2 rings (SSSR count). The summed E-state index contributed by atoms with van der Waals surface area (Å²) in [6.45, 7) is 6.02. The molecular weight excluding hydrogens is 398 g/mol. The Morgan fingerprint density at radius 3 is 2.79 bits per heavy atom. The normalized spacial score (nSPS) is 17.5. The van der Waals surface area contributed by atoms with Crippen LogP contribution in [0.25, 0.3) is 0 Å². The van der Waals surface area contributed by atoms with Gasteiger partial charge in [0.2, 0.25) is 5.91 Å². The van der Waals surface area contributed by atoms with Crippen molar-refractivity contribution >= 4 is 40.2 Å². The van der Waals surface area contributed by atoms with Crippen molar-refractivity contribution < 1.29 is 9.59 Å². The lowest BCUT2D eigenvalue weighted by molar-refractivity contribution is -0.126. The third kappa shape index (κ3) is 4.70. The van der Waals surface area contributed by atoms with Crippen LogP contribution >= 0.6 is 28.3 Å². The van der Waals surface area contributed by atoms with Crippen molar-refractivity contribution in [1.82, 2.24) is 20.4 Å². The van der Waals surface area contributed by atoms with Crippen LogP contribution in [0.2, 0.25) is 0 Å². The van der Waals surface area contributed by atoms with E-state index in [1.54, 1.807) is 4.90 Å². The molecule has 1 aromatic heterocycles. The minimum atomic E-state index is -0.179. The molecule has 9 heteroatoms. The summed E-state index contributed by atoms with van der Waals surface area (Å²) in [7, 11) is 0. The molecule has 0 spiro atoms. The van der Waals surface area contributed by atoms with E-state index >= 15 is 0 Å². The minimum Gasteiger partial charge on any atom is -0.355 e. The molecule has 0 aliphatic carbocycles. The zero-order chi connectivity index (χ0) is 17.0. The molecule has 4 N–H and O–H groups in total. The molecule has 0 saturated carbocycles. The van der Waals surface area contributed by atoms with Gasteiger partial charge in [0, 0.05) is 26.2 Å². The first-order valence-corrected chi connectivity index (χ1v) is 8.75. The van der Waals surface area contributed by atoms with E-state index in [1.165, 1.54) is 0 Å². The van der Waals surface area contributed by atoms with Crippen molar-refractivity contribution in [2.75, 3.05) is 26.2 Å². The average Bonchev–Trinajstić information content (AvgIpc) is 2.93. The van der Waals surface area contributed by atoms with Crippen LogP contribution in [0, 0.1) is 5.92 Å². The van der Waals surface area contributed by atoms with Gasteiger partial charge in [-0.3, -0.25) is 14.7 Å². The number of H-pyrrole nitrogens is 1. The van der Waals surface area contributed by atoms with Gasteiger partial charge in [-0.05, 0) is 34.7 Å². The largest absolute Gasteiger partial charge is 0.355 e. The Balaban J connectivity index is 0.00000288. The summed E-state index contributed by atoms with van der Waals surface area (Å²) >= 11 is 3.46. The van der Waals surface area contributed by atoms with E-state index in [9.17, 15) is 9.59 Å². The molecule has 1 aliphatic heterocycles. The van der Waals surface area contributed by atoms with Gasteiger partial charge in [0.25, 0.3) is 5.91 Å². The summed E-state index contributed by atoms with van der Waals surface area (Å²) < 4.78 is 0.715. The van der Waals surface area contributed by atoms with Gasteiger partial charge >= 0.3 is 0 Å². The molecule has 0 aromatic carbocycles. The Kier molecular flexibility index (Phi) is 8.18. The Bertz CT molecular complexity index is 578. The number of hydrogen-bond donors (Lipinski definition) is 3. The molecule has 1 aromatic rings. The maximum Gasteiger partial charge on any atom is 0.275 e. The van der Waals surface area contributed by atoms with Crippen LogP contribution in [0.1, 0.15) is 48.8 Å².